The number of ether oxygens (including phenoxy) is 5. The molecule has 2 aromatic carbocycles. The number of amides is 2. The largest absolute Gasteiger partial charge is 0.493 e. The maximum Gasteiger partial charge on any atom is 0.260 e. The van der Waals surface area contributed by atoms with E-state index in [0.717, 1.165) is 0 Å². The lowest BCUT2D eigenvalue weighted by Gasteiger charge is -2.26. The number of methoxy groups -OCH3 is 1. The summed E-state index contributed by atoms with van der Waals surface area (Å²) in [5, 5.41) is 2.81. The summed E-state index contributed by atoms with van der Waals surface area (Å²) < 4.78 is 26.8. The molecule has 9 nitrogen and oxygen atoms in total. The Morgan fingerprint density at radius 1 is 1.03 bits per heavy atom. The average molecular weight is 414 g/mol. The van der Waals surface area contributed by atoms with Gasteiger partial charge >= 0.3 is 0 Å². The number of anilines is 1. The Morgan fingerprint density at radius 3 is 2.63 bits per heavy atom. The van der Waals surface area contributed by atoms with Gasteiger partial charge in [-0.05, 0) is 30.3 Å². The Balaban J connectivity index is 1.39. The van der Waals surface area contributed by atoms with Gasteiger partial charge in [-0.25, -0.2) is 0 Å². The first-order chi connectivity index (χ1) is 14.6. The van der Waals surface area contributed by atoms with E-state index in [1.54, 1.807) is 41.3 Å². The van der Waals surface area contributed by atoms with E-state index in [-0.39, 0.29) is 25.2 Å². The van der Waals surface area contributed by atoms with E-state index >= 15 is 0 Å². The predicted molar refractivity (Wildman–Crippen MR) is 106 cm³/mol. The lowest BCUT2D eigenvalue weighted by atomic mass is 10.1. The molecule has 0 bridgehead atoms. The molecule has 1 N–H and O–H groups in total. The normalized spacial score (nSPS) is 14.9. The first kappa shape index (κ1) is 19.8. The predicted octanol–water partition coefficient (Wildman–Crippen LogP) is 1.91. The second-order valence-corrected chi connectivity index (χ2v) is 6.67. The molecule has 4 rings (SSSR count). The van der Waals surface area contributed by atoms with Crippen molar-refractivity contribution >= 4 is 17.5 Å². The Morgan fingerprint density at radius 2 is 1.83 bits per heavy atom. The van der Waals surface area contributed by atoms with Crippen molar-refractivity contribution in [3.8, 4) is 23.0 Å². The summed E-state index contributed by atoms with van der Waals surface area (Å²) in [5.41, 5.74) is 0.969. The highest BCUT2D eigenvalue weighted by molar-refractivity contribution is 6.04. The van der Waals surface area contributed by atoms with Crippen molar-refractivity contribution in [2.45, 2.75) is 0 Å². The van der Waals surface area contributed by atoms with Crippen LogP contribution < -0.4 is 24.3 Å². The average Bonchev–Trinajstić information content (AvgIpc) is 3.25. The molecule has 0 unspecified atom stereocenters. The highest BCUT2D eigenvalue weighted by Crippen LogP contribution is 2.34. The fraction of sp³-hybridized carbons (Fsp3) is 0.333. The number of fused-ring (bicyclic) bond motifs is 1. The summed E-state index contributed by atoms with van der Waals surface area (Å²) >= 11 is 0. The van der Waals surface area contributed by atoms with Crippen molar-refractivity contribution in [1.82, 2.24) is 4.90 Å². The third-order valence-corrected chi connectivity index (χ3v) is 4.77. The molecule has 2 aromatic rings. The molecular formula is C21H22N2O7. The first-order valence-corrected chi connectivity index (χ1v) is 9.51. The van der Waals surface area contributed by atoms with E-state index in [4.69, 9.17) is 23.7 Å². The lowest BCUT2D eigenvalue weighted by molar-refractivity contribution is -0.137. The maximum atomic E-state index is 12.6. The Hall–Kier alpha value is -3.46. The van der Waals surface area contributed by atoms with Crippen LogP contribution in [0.15, 0.2) is 36.4 Å². The fourth-order valence-corrected chi connectivity index (χ4v) is 3.15. The standard InChI is InChI=1S/C21H22N2O7/c1-26-18-10-14(21(25)22-15-3-5-17-19(11-15)30-13-29-17)2-4-16(18)28-12-20(24)23-6-8-27-9-7-23/h2-5,10-11H,6-9,12-13H2,1H3,(H,22,25). The summed E-state index contributed by atoms with van der Waals surface area (Å²) in [7, 11) is 1.48. The van der Waals surface area contributed by atoms with Crippen molar-refractivity contribution in [2.24, 2.45) is 0 Å². The molecule has 2 amide bonds. The van der Waals surface area contributed by atoms with Crippen LogP contribution >= 0.6 is 0 Å². The monoisotopic (exact) mass is 414 g/mol. The molecule has 0 saturated carbocycles. The van der Waals surface area contributed by atoms with E-state index < -0.39 is 0 Å². The fourth-order valence-electron chi connectivity index (χ4n) is 3.15. The number of rotatable bonds is 6. The molecule has 1 fully saturated rings. The summed E-state index contributed by atoms with van der Waals surface area (Å²) in [5.74, 6) is 1.54. The van der Waals surface area contributed by atoms with Crippen molar-refractivity contribution in [3.63, 3.8) is 0 Å². The number of benzene rings is 2. The van der Waals surface area contributed by atoms with Crippen LogP contribution in [0.25, 0.3) is 0 Å². The molecule has 9 heteroatoms. The smallest absolute Gasteiger partial charge is 0.260 e. The second-order valence-electron chi connectivity index (χ2n) is 6.67. The molecule has 0 radical (unpaired) electrons. The minimum Gasteiger partial charge on any atom is -0.493 e. The van der Waals surface area contributed by atoms with Crippen molar-refractivity contribution in [1.29, 1.82) is 0 Å². The number of carbonyl (C=O) groups is 2. The van der Waals surface area contributed by atoms with Gasteiger partial charge in [0, 0.05) is 30.4 Å². The maximum absolute atomic E-state index is 12.6. The number of nitrogens with one attached hydrogen (secondary N) is 1. The molecule has 2 aliphatic heterocycles. The number of hydrogen-bond donors (Lipinski definition) is 1. The summed E-state index contributed by atoms with van der Waals surface area (Å²) in [6.45, 7) is 2.22. The highest BCUT2D eigenvalue weighted by Gasteiger charge is 2.19. The molecule has 0 spiro atoms. The van der Waals surface area contributed by atoms with Gasteiger partial charge in [-0.15, -0.1) is 0 Å². The van der Waals surface area contributed by atoms with Gasteiger partial charge in [0.2, 0.25) is 6.79 Å². The third-order valence-electron chi connectivity index (χ3n) is 4.77. The summed E-state index contributed by atoms with van der Waals surface area (Å²) in [6.07, 6.45) is 0. The molecule has 2 heterocycles. The van der Waals surface area contributed by atoms with Gasteiger partial charge in [0.1, 0.15) is 0 Å². The van der Waals surface area contributed by atoms with E-state index in [1.807, 2.05) is 0 Å². The highest BCUT2D eigenvalue weighted by atomic mass is 16.7. The minimum absolute atomic E-state index is 0.112. The Labute approximate surface area is 173 Å². The van der Waals surface area contributed by atoms with Crippen LogP contribution in [0.1, 0.15) is 10.4 Å². The van der Waals surface area contributed by atoms with E-state index in [0.29, 0.717) is 60.6 Å². The zero-order chi connectivity index (χ0) is 20.9. The third kappa shape index (κ3) is 4.41. The molecule has 30 heavy (non-hydrogen) atoms. The molecule has 158 valence electrons. The molecule has 0 aliphatic carbocycles. The van der Waals surface area contributed by atoms with Crippen LogP contribution in [0.5, 0.6) is 23.0 Å². The van der Waals surface area contributed by atoms with Gasteiger partial charge in [-0.3, -0.25) is 9.59 Å². The number of morpholine rings is 1. The van der Waals surface area contributed by atoms with Crippen LogP contribution in [0.4, 0.5) is 5.69 Å². The molecule has 2 aliphatic rings. The van der Waals surface area contributed by atoms with Crippen LogP contribution in [0, 0.1) is 0 Å². The topological polar surface area (TPSA) is 95.6 Å². The number of carbonyl (C=O) groups excluding carboxylic acids is 2. The minimum atomic E-state index is -0.317. The van der Waals surface area contributed by atoms with Crippen molar-refractivity contribution in [3.05, 3.63) is 42.0 Å². The summed E-state index contributed by atoms with van der Waals surface area (Å²) in [4.78, 5) is 26.6. The number of hydrogen-bond acceptors (Lipinski definition) is 7. The number of nitrogens with zero attached hydrogens (tertiary/aromatic N) is 1. The van der Waals surface area contributed by atoms with E-state index in [9.17, 15) is 9.59 Å². The Bertz CT molecular complexity index is 941. The van der Waals surface area contributed by atoms with Crippen LogP contribution in [0.2, 0.25) is 0 Å². The van der Waals surface area contributed by atoms with Crippen molar-refractivity contribution < 1.29 is 33.3 Å². The van der Waals surface area contributed by atoms with Crippen LogP contribution in [0.3, 0.4) is 0 Å². The molecule has 0 aromatic heterocycles. The van der Waals surface area contributed by atoms with Crippen LogP contribution in [-0.2, 0) is 9.53 Å². The Kier molecular flexibility index (Phi) is 5.89. The van der Waals surface area contributed by atoms with Gasteiger partial charge in [0.25, 0.3) is 11.8 Å². The van der Waals surface area contributed by atoms with Gasteiger partial charge < -0.3 is 33.9 Å². The molecule has 1 saturated heterocycles. The van der Waals surface area contributed by atoms with Crippen molar-refractivity contribution in [2.75, 3.05) is 52.1 Å². The lowest BCUT2D eigenvalue weighted by Crippen LogP contribution is -2.43. The van der Waals surface area contributed by atoms with E-state index in [2.05, 4.69) is 5.32 Å². The van der Waals surface area contributed by atoms with Gasteiger partial charge in [-0.2, -0.15) is 0 Å². The molecule has 0 atom stereocenters. The van der Waals surface area contributed by atoms with Gasteiger partial charge in [0.05, 0.1) is 20.3 Å². The second kappa shape index (κ2) is 8.91. The SMILES string of the molecule is COc1cc(C(=O)Nc2ccc3c(c2)OCO3)ccc1OCC(=O)N1CCOCC1. The molecular weight excluding hydrogens is 392 g/mol. The quantitative estimate of drug-likeness (QED) is 0.772. The van der Waals surface area contributed by atoms with Gasteiger partial charge in [-0.1, -0.05) is 0 Å². The summed E-state index contributed by atoms with van der Waals surface area (Å²) in [6, 6.07) is 9.96. The zero-order valence-corrected chi connectivity index (χ0v) is 16.5. The van der Waals surface area contributed by atoms with E-state index in [1.165, 1.54) is 7.11 Å². The van der Waals surface area contributed by atoms with Gasteiger partial charge in [0.15, 0.2) is 29.6 Å². The first-order valence-electron chi connectivity index (χ1n) is 9.51. The van der Waals surface area contributed by atoms with Crippen LogP contribution in [-0.4, -0.2) is 63.5 Å². The zero-order valence-electron chi connectivity index (χ0n) is 16.5.